The predicted octanol–water partition coefficient (Wildman–Crippen LogP) is 2.77. The molecule has 0 amide bonds. The van der Waals surface area contributed by atoms with Crippen LogP contribution in [-0.2, 0) is 9.59 Å². The molecule has 0 aliphatic rings. The molecule has 0 unspecified atom stereocenters. The third-order valence-electron chi connectivity index (χ3n) is 2.67. The van der Waals surface area contributed by atoms with Gasteiger partial charge in [0.15, 0.2) is 0 Å². The van der Waals surface area contributed by atoms with E-state index in [0.717, 1.165) is 0 Å². The molecule has 0 aliphatic heterocycles. The van der Waals surface area contributed by atoms with Gasteiger partial charge >= 0.3 is 11.9 Å². The van der Waals surface area contributed by atoms with Gasteiger partial charge in [-0.3, -0.25) is 9.59 Å². The molecule has 0 bridgehead atoms. The van der Waals surface area contributed by atoms with Crippen molar-refractivity contribution in [3.63, 3.8) is 0 Å². The number of carbonyl (C=O) groups is 2. The highest BCUT2D eigenvalue weighted by atomic mass is 16.4. The normalized spacial score (nSPS) is 11.6. The average molecular weight is 254 g/mol. The topological polar surface area (TPSA) is 74.6 Å². The van der Waals surface area contributed by atoms with Gasteiger partial charge in [-0.2, -0.15) is 0 Å². The fraction of sp³-hybridized carbons (Fsp3) is 0.714. The van der Waals surface area contributed by atoms with Crippen molar-refractivity contribution in [2.24, 2.45) is 10.8 Å². The van der Waals surface area contributed by atoms with Crippen LogP contribution >= 0.6 is 0 Å². The zero-order valence-electron chi connectivity index (χ0n) is 11.5. The summed E-state index contributed by atoms with van der Waals surface area (Å²) < 4.78 is 0. The van der Waals surface area contributed by atoms with E-state index in [1.165, 1.54) is 0 Å². The SMILES string of the molecule is CC(C)(C#CC(C)(C)CCC(=O)O)CCC(=O)O. The van der Waals surface area contributed by atoms with E-state index in [1.807, 2.05) is 27.7 Å². The third-order valence-corrected chi connectivity index (χ3v) is 2.67. The molecule has 4 heteroatoms. The maximum absolute atomic E-state index is 10.5. The Morgan fingerprint density at radius 1 is 0.833 bits per heavy atom. The summed E-state index contributed by atoms with van der Waals surface area (Å²) in [6, 6.07) is 0. The lowest BCUT2D eigenvalue weighted by Gasteiger charge is -2.20. The summed E-state index contributed by atoms with van der Waals surface area (Å²) in [7, 11) is 0. The summed E-state index contributed by atoms with van der Waals surface area (Å²) in [4.78, 5) is 21.0. The quantitative estimate of drug-likeness (QED) is 0.715. The van der Waals surface area contributed by atoms with Crippen LogP contribution in [-0.4, -0.2) is 22.2 Å². The Balaban J connectivity index is 4.51. The first-order valence-electron chi connectivity index (χ1n) is 6.02. The van der Waals surface area contributed by atoms with E-state index in [-0.39, 0.29) is 23.7 Å². The number of rotatable bonds is 6. The Bertz CT molecular complexity index is 335. The first kappa shape index (κ1) is 16.5. The molecule has 0 saturated heterocycles. The van der Waals surface area contributed by atoms with Gasteiger partial charge in [-0.15, -0.1) is 0 Å². The summed E-state index contributed by atoms with van der Waals surface area (Å²) in [6.07, 6.45) is 1.17. The van der Waals surface area contributed by atoms with Gasteiger partial charge in [0.25, 0.3) is 0 Å². The molecule has 102 valence electrons. The van der Waals surface area contributed by atoms with Crippen LogP contribution in [0.3, 0.4) is 0 Å². The smallest absolute Gasteiger partial charge is 0.303 e. The van der Waals surface area contributed by atoms with Crippen molar-refractivity contribution in [2.45, 2.75) is 53.4 Å². The van der Waals surface area contributed by atoms with Crippen molar-refractivity contribution < 1.29 is 19.8 Å². The first-order chi connectivity index (χ1) is 8.04. The molecule has 0 aromatic heterocycles. The standard InChI is InChI=1S/C14H22O4/c1-13(2,7-5-11(15)16)9-10-14(3,4)8-6-12(17)18/h5-8H2,1-4H3,(H,15,16)(H,17,18). The minimum atomic E-state index is -0.824. The first-order valence-corrected chi connectivity index (χ1v) is 6.02. The van der Waals surface area contributed by atoms with Crippen LogP contribution in [0.25, 0.3) is 0 Å². The van der Waals surface area contributed by atoms with Gasteiger partial charge < -0.3 is 10.2 Å². The Kier molecular flexibility index (Phi) is 5.90. The van der Waals surface area contributed by atoms with Crippen LogP contribution in [0.4, 0.5) is 0 Å². The predicted molar refractivity (Wildman–Crippen MR) is 69.1 cm³/mol. The van der Waals surface area contributed by atoms with Gasteiger partial charge in [-0.25, -0.2) is 0 Å². The summed E-state index contributed by atoms with van der Waals surface area (Å²) in [5, 5.41) is 17.3. The number of hydrogen-bond donors (Lipinski definition) is 2. The maximum Gasteiger partial charge on any atom is 0.303 e. The number of carboxylic acids is 2. The molecule has 0 rings (SSSR count). The molecule has 2 N–H and O–H groups in total. The molecule has 0 aromatic rings. The van der Waals surface area contributed by atoms with Gasteiger partial charge in [0.05, 0.1) is 0 Å². The van der Waals surface area contributed by atoms with E-state index in [1.54, 1.807) is 0 Å². The lowest BCUT2D eigenvalue weighted by Crippen LogP contribution is -2.15. The van der Waals surface area contributed by atoms with Crippen molar-refractivity contribution >= 4 is 11.9 Å². The van der Waals surface area contributed by atoms with E-state index in [0.29, 0.717) is 12.8 Å². The molecule has 0 heterocycles. The number of hydrogen-bond acceptors (Lipinski definition) is 2. The highest BCUT2D eigenvalue weighted by Gasteiger charge is 2.20. The van der Waals surface area contributed by atoms with Crippen molar-refractivity contribution in [3.05, 3.63) is 0 Å². The fourth-order valence-electron chi connectivity index (χ4n) is 1.30. The molecule has 0 radical (unpaired) electrons. The van der Waals surface area contributed by atoms with Crippen LogP contribution in [0, 0.1) is 22.7 Å². The van der Waals surface area contributed by atoms with Gasteiger partial charge in [0.1, 0.15) is 0 Å². The van der Waals surface area contributed by atoms with E-state index in [2.05, 4.69) is 11.8 Å². The van der Waals surface area contributed by atoms with Gasteiger partial charge in [-0.05, 0) is 40.5 Å². The van der Waals surface area contributed by atoms with Crippen LogP contribution in [0.15, 0.2) is 0 Å². The summed E-state index contributed by atoms with van der Waals surface area (Å²) >= 11 is 0. The Hall–Kier alpha value is -1.50. The zero-order valence-corrected chi connectivity index (χ0v) is 11.5. The molecular weight excluding hydrogens is 232 g/mol. The maximum atomic E-state index is 10.5. The minimum Gasteiger partial charge on any atom is -0.481 e. The van der Waals surface area contributed by atoms with Crippen molar-refractivity contribution in [1.82, 2.24) is 0 Å². The van der Waals surface area contributed by atoms with Crippen molar-refractivity contribution in [3.8, 4) is 11.8 Å². The Morgan fingerprint density at radius 2 is 1.11 bits per heavy atom. The van der Waals surface area contributed by atoms with E-state index in [4.69, 9.17) is 10.2 Å². The lowest BCUT2D eigenvalue weighted by molar-refractivity contribution is -0.138. The summed E-state index contributed by atoms with van der Waals surface area (Å²) in [5.41, 5.74) is -0.724. The van der Waals surface area contributed by atoms with E-state index in [9.17, 15) is 9.59 Å². The largest absolute Gasteiger partial charge is 0.481 e. The second kappa shape index (κ2) is 6.44. The molecular formula is C14H22O4. The van der Waals surface area contributed by atoms with Crippen LogP contribution in [0.1, 0.15) is 53.4 Å². The van der Waals surface area contributed by atoms with Crippen molar-refractivity contribution in [2.75, 3.05) is 0 Å². The fourth-order valence-corrected chi connectivity index (χ4v) is 1.30. The third kappa shape index (κ3) is 8.63. The number of carboxylic acid groups (broad SMARTS) is 2. The van der Waals surface area contributed by atoms with Gasteiger partial charge in [-0.1, -0.05) is 11.8 Å². The van der Waals surface area contributed by atoms with E-state index >= 15 is 0 Å². The zero-order chi connectivity index (χ0) is 14.4. The monoisotopic (exact) mass is 254 g/mol. The highest BCUT2D eigenvalue weighted by Crippen LogP contribution is 2.25. The second-order valence-electron chi connectivity index (χ2n) is 5.81. The highest BCUT2D eigenvalue weighted by molar-refractivity contribution is 5.67. The molecule has 18 heavy (non-hydrogen) atoms. The molecule has 0 fully saturated rings. The minimum absolute atomic E-state index is 0.0945. The summed E-state index contributed by atoms with van der Waals surface area (Å²) in [6.45, 7) is 7.60. The molecule has 0 saturated carbocycles. The van der Waals surface area contributed by atoms with Crippen molar-refractivity contribution in [1.29, 1.82) is 0 Å². The molecule has 0 spiro atoms. The number of aliphatic carboxylic acids is 2. The summed E-state index contributed by atoms with van der Waals surface area (Å²) in [5.74, 6) is 4.50. The van der Waals surface area contributed by atoms with Crippen LogP contribution in [0.2, 0.25) is 0 Å². The van der Waals surface area contributed by atoms with Gasteiger partial charge in [0.2, 0.25) is 0 Å². The van der Waals surface area contributed by atoms with Crippen LogP contribution in [0.5, 0.6) is 0 Å². The molecule has 0 atom stereocenters. The molecule has 0 aromatic carbocycles. The van der Waals surface area contributed by atoms with Crippen LogP contribution < -0.4 is 0 Å². The van der Waals surface area contributed by atoms with Gasteiger partial charge in [0, 0.05) is 23.7 Å². The average Bonchev–Trinajstić information content (AvgIpc) is 2.22. The van der Waals surface area contributed by atoms with E-state index < -0.39 is 11.9 Å². The Labute approximate surface area is 108 Å². The second-order valence-corrected chi connectivity index (χ2v) is 5.81. The molecule has 0 aliphatic carbocycles. The lowest BCUT2D eigenvalue weighted by atomic mass is 9.83. The Morgan fingerprint density at radius 3 is 1.33 bits per heavy atom. The molecule has 4 nitrogen and oxygen atoms in total.